The average molecular weight is 196 g/mol. The Kier molecular flexibility index (Phi) is 10.1. The van der Waals surface area contributed by atoms with Crippen LogP contribution in [0.1, 0.15) is 0 Å². The first kappa shape index (κ1) is 13.2. The van der Waals surface area contributed by atoms with Crippen LogP contribution in [0.25, 0.3) is 0 Å². The highest BCUT2D eigenvalue weighted by Gasteiger charge is 2.13. The van der Waals surface area contributed by atoms with Crippen LogP contribution in [0.5, 0.6) is 0 Å². The summed E-state index contributed by atoms with van der Waals surface area (Å²) in [5, 5.41) is 0. The predicted molar refractivity (Wildman–Crippen MR) is 55.7 cm³/mol. The highest BCUT2D eigenvalue weighted by Crippen LogP contribution is 2.00. The maximum absolute atomic E-state index is 4.93. The Morgan fingerprint density at radius 1 is 1.20 bits per heavy atom. The lowest BCUT2D eigenvalue weighted by Gasteiger charge is -2.12. The molecule has 0 aliphatic rings. The first-order chi connectivity index (χ1) is 4.47. The molecule has 0 rings (SSSR count). The Labute approximate surface area is 70.7 Å². The molecule has 0 spiro atoms. The molecule has 0 saturated heterocycles. The third-order valence-electron chi connectivity index (χ3n) is 0.333. The second kappa shape index (κ2) is 7.68. The lowest BCUT2D eigenvalue weighted by Crippen LogP contribution is -2.24. The SMILES string of the molecule is C[SiH2]C.C[Si](C)(C)OO[SiH3]. The summed E-state index contributed by atoms with van der Waals surface area (Å²) in [7, 11) is -0.246. The molecule has 0 aliphatic carbocycles. The molecule has 0 aliphatic heterocycles. The van der Waals surface area contributed by atoms with E-state index in [-0.39, 0.29) is 0 Å². The van der Waals surface area contributed by atoms with Gasteiger partial charge in [-0.2, -0.15) is 0 Å². The Bertz CT molecular complexity index is 62.4. The molecule has 0 saturated carbocycles. The Morgan fingerprint density at radius 3 is 1.50 bits per heavy atom. The van der Waals surface area contributed by atoms with E-state index in [9.17, 15) is 0 Å². The van der Waals surface area contributed by atoms with Gasteiger partial charge < -0.3 is 4.58 Å². The van der Waals surface area contributed by atoms with E-state index < -0.39 is 8.32 Å². The summed E-state index contributed by atoms with van der Waals surface area (Å²) in [5.41, 5.74) is 0. The molecule has 0 fully saturated rings. The van der Waals surface area contributed by atoms with Crippen LogP contribution < -0.4 is 0 Å². The molecule has 0 bridgehead atoms. The highest BCUT2D eigenvalue weighted by molar-refractivity contribution is 6.69. The second-order valence-electron chi connectivity index (χ2n) is 3.07. The van der Waals surface area contributed by atoms with Crippen LogP contribution in [-0.4, -0.2) is 28.3 Å². The van der Waals surface area contributed by atoms with E-state index in [1.165, 1.54) is 0 Å². The predicted octanol–water partition coefficient (Wildman–Crippen LogP) is 0.301. The zero-order chi connectivity index (χ0) is 8.62. The zero-order valence-electron chi connectivity index (χ0n) is 8.02. The molecular formula is C5H20O2Si3. The fourth-order valence-electron chi connectivity index (χ4n) is 0.250. The Balaban J connectivity index is 0. The van der Waals surface area contributed by atoms with Crippen molar-refractivity contribution < 1.29 is 9.15 Å². The molecule has 0 aromatic heterocycles. The number of hydrogen-bond acceptors (Lipinski definition) is 2. The van der Waals surface area contributed by atoms with Gasteiger partial charge in [0.25, 0.3) is 0 Å². The van der Waals surface area contributed by atoms with Crippen LogP contribution >= 0.6 is 0 Å². The summed E-state index contributed by atoms with van der Waals surface area (Å²) in [4.78, 5) is 0. The summed E-state index contributed by atoms with van der Waals surface area (Å²) in [5.74, 6) is 0. The van der Waals surface area contributed by atoms with Crippen molar-refractivity contribution in [2.24, 2.45) is 0 Å². The van der Waals surface area contributed by atoms with E-state index in [1.807, 2.05) is 0 Å². The Hall–Kier alpha value is 0.571. The number of hydrogen-bond donors (Lipinski definition) is 0. The van der Waals surface area contributed by atoms with E-state index in [1.54, 1.807) is 0 Å². The lowest BCUT2D eigenvalue weighted by molar-refractivity contribution is -0.105. The molecule has 0 atom stereocenters. The zero-order valence-corrected chi connectivity index (χ0v) is 12.4. The van der Waals surface area contributed by atoms with Crippen LogP contribution in [0.4, 0.5) is 0 Å². The van der Waals surface area contributed by atoms with Crippen molar-refractivity contribution in [3.8, 4) is 0 Å². The van der Waals surface area contributed by atoms with Crippen molar-refractivity contribution in [3.63, 3.8) is 0 Å². The summed E-state index contributed by atoms with van der Waals surface area (Å²) >= 11 is 0. The van der Waals surface area contributed by atoms with Gasteiger partial charge in [0.2, 0.25) is 8.32 Å². The maximum atomic E-state index is 4.93. The minimum absolute atomic E-state index is 0.417. The van der Waals surface area contributed by atoms with Gasteiger partial charge in [-0.3, -0.25) is 4.58 Å². The third kappa shape index (κ3) is 23.5. The van der Waals surface area contributed by atoms with Gasteiger partial charge in [0.05, 0.1) is 0 Å². The van der Waals surface area contributed by atoms with Crippen LogP contribution in [-0.2, 0) is 9.15 Å². The third-order valence-corrected chi connectivity index (χ3v) is 1.50. The van der Waals surface area contributed by atoms with Crippen molar-refractivity contribution in [3.05, 3.63) is 0 Å². The van der Waals surface area contributed by atoms with Gasteiger partial charge >= 0.3 is 0 Å². The molecule has 0 aromatic carbocycles. The fraction of sp³-hybridized carbons (Fsp3) is 1.00. The van der Waals surface area contributed by atoms with Gasteiger partial charge in [0, 0.05) is 9.52 Å². The first-order valence-corrected chi connectivity index (χ1v) is 10.7. The fourth-order valence-corrected chi connectivity index (χ4v) is 2.25. The molecule has 5 heteroatoms. The van der Waals surface area contributed by atoms with Crippen LogP contribution in [0.2, 0.25) is 32.7 Å². The van der Waals surface area contributed by atoms with Crippen molar-refractivity contribution in [2.45, 2.75) is 32.7 Å². The van der Waals surface area contributed by atoms with Crippen molar-refractivity contribution in [1.29, 1.82) is 0 Å². The van der Waals surface area contributed by atoms with E-state index in [4.69, 9.17) is 4.58 Å². The maximum Gasteiger partial charge on any atom is 0.228 e. The van der Waals surface area contributed by atoms with Gasteiger partial charge in [0.15, 0.2) is 10.5 Å². The van der Waals surface area contributed by atoms with Crippen molar-refractivity contribution >= 4 is 28.3 Å². The van der Waals surface area contributed by atoms with E-state index in [0.717, 1.165) is 0 Å². The van der Waals surface area contributed by atoms with E-state index in [2.05, 4.69) is 37.3 Å². The van der Waals surface area contributed by atoms with Crippen molar-refractivity contribution in [2.75, 3.05) is 0 Å². The highest BCUT2D eigenvalue weighted by atomic mass is 28.4. The summed E-state index contributed by atoms with van der Waals surface area (Å²) in [6.45, 7) is 10.8. The molecular weight excluding hydrogens is 176 g/mol. The summed E-state index contributed by atoms with van der Waals surface area (Å²) in [6.07, 6.45) is 0. The summed E-state index contributed by atoms with van der Waals surface area (Å²) < 4.78 is 9.54. The van der Waals surface area contributed by atoms with Gasteiger partial charge in [-0.1, -0.05) is 13.1 Å². The molecule has 2 nitrogen and oxygen atoms in total. The molecule has 0 radical (unpaired) electrons. The second-order valence-corrected chi connectivity index (χ2v) is 9.21. The summed E-state index contributed by atoms with van der Waals surface area (Å²) in [6, 6.07) is 0. The number of rotatable bonds is 2. The molecule has 64 valence electrons. The Morgan fingerprint density at radius 2 is 1.50 bits per heavy atom. The molecule has 0 heterocycles. The van der Waals surface area contributed by atoms with Gasteiger partial charge in [-0.05, 0) is 19.6 Å². The molecule has 0 aromatic rings. The topological polar surface area (TPSA) is 18.5 Å². The minimum atomic E-state index is -1.34. The normalized spacial score (nSPS) is 10.5. The van der Waals surface area contributed by atoms with Crippen molar-refractivity contribution in [1.82, 2.24) is 0 Å². The van der Waals surface area contributed by atoms with E-state index in [0.29, 0.717) is 20.0 Å². The quantitative estimate of drug-likeness (QED) is 0.359. The van der Waals surface area contributed by atoms with Crippen LogP contribution in [0.15, 0.2) is 0 Å². The first-order valence-electron chi connectivity index (χ1n) is 3.69. The average Bonchev–Trinajstić information content (AvgIpc) is 1.63. The molecule has 0 N–H and O–H groups in total. The lowest BCUT2D eigenvalue weighted by atomic mass is 11.8. The minimum Gasteiger partial charge on any atom is -0.310 e. The van der Waals surface area contributed by atoms with Crippen LogP contribution in [0.3, 0.4) is 0 Å². The van der Waals surface area contributed by atoms with Gasteiger partial charge in [-0.15, -0.1) is 0 Å². The smallest absolute Gasteiger partial charge is 0.228 e. The van der Waals surface area contributed by atoms with Gasteiger partial charge in [0.1, 0.15) is 0 Å². The van der Waals surface area contributed by atoms with E-state index >= 15 is 0 Å². The van der Waals surface area contributed by atoms with Gasteiger partial charge in [-0.25, -0.2) is 0 Å². The standard InChI is InChI=1S/C3H12O2Si2.C2H8Si/c1-7(2,3)5-4-6;1-3-2/h1-3,6H3;3H2,1-2H3. The largest absolute Gasteiger partial charge is 0.310 e. The monoisotopic (exact) mass is 196 g/mol. The molecule has 10 heavy (non-hydrogen) atoms. The molecule has 0 amide bonds. The van der Waals surface area contributed by atoms with Crippen LogP contribution in [0, 0.1) is 0 Å². The molecule has 0 unspecified atom stereocenters.